The summed E-state index contributed by atoms with van der Waals surface area (Å²) in [5, 5.41) is 2.72. The molecule has 0 radical (unpaired) electrons. The van der Waals surface area contributed by atoms with E-state index in [0.717, 1.165) is 4.57 Å². The molecule has 1 aromatic heterocycles. The molecule has 0 aliphatic rings. The van der Waals surface area contributed by atoms with Gasteiger partial charge in [-0.25, -0.2) is 4.98 Å². The van der Waals surface area contributed by atoms with E-state index in [9.17, 15) is 13.6 Å². The standard InChI is InChI=1S/C19H19F2N3O2/c1-3-26-14-10-8-13(9-11-14)18(25)22-12(2)17-23-15-6-4-5-7-16(15)24(17)19(20)21/h4-12,19H,3H2,1-2H3,(H,22,25). The molecule has 1 atom stereocenters. The summed E-state index contributed by atoms with van der Waals surface area (Å²) in [6.07, 6.45) is 0. The van der Waals surface area contributed by atoms with Crippen molar-refractivity contribution < 1.29 is 18.3 Å². The van der Waals surface area contributed by atoms with Crippen molar-refractivity contribution in [2.75, 3.05) is 6.61 Å². The molecule has 0 aliphatic carbocycles. The minimum absolute atomic E-state index is 0.112. The number of hydrogen-bond acceptors (Lipinski definition) is 3. The molecule has 3 aromatic rings. The molecular weight excluding hydrogens is 340 g/mol. The van der Waals surface area contributed by atoms with Gasteiger partial charge in [0.15, 0.2) is 0 Å². The van der Waals surface area contributed by atoms with Crippen LogP contribution in [0, 0.1) is 0 Å². The van der Waals surface area contributed by atoms with Gasteiger partial charge in [0.05, 0.1) is 23.7 Å². The number of nitrogens with zero attached hydrogens (tertiary/aromatic N) is 2. The molecule has 5 nitrogen and oxygen atoms in total. The van der Waals surface area contributed by atoms with Gasteiger partial charge in [0.1, 0.15) is 11.6 Å². The van der Waals surface area contributed by atoms with Crippen molar-refractivity contribution in [3.8, 4) is 5.75 Å². The van der Waals surface area contributed by atoms with Crippen LogP contribution < -0.4 is 10.1 Å². The van der Waals surface area contributed by atoms with Gasteiger partial charge in [0, 0.05) is 5.56 Å². The number of rotatable bonds is 6. The maximum absolute atomic E-state index is 13.5. The number of aromatic nitrogens is 2. The number of imidazole rings is 1. The van der Waals surface area contributed by atoms with Crippen molar-refractivity contribution in [1.29, 1.82) is 0 Å². The lowest BCUT2D eigenvalue weighted by molar-refractivity contribution is 0.0688. The second-order valence-electron chi connectivity index (χ2n) is 5.76. The minimum atomic E-state index is -2.75. The molecule has 1 amide bonds. The monoisotopic (exact) mass is 359 g/mol. The van der Waals surface area contributed by atoms with Gasteiger partial charge < -0.3 is 10.1 Å². The highest BCUT2D eigenvalue weighted by Gasteiger charge is 2.23. The Morgan fingerprint density at radius 3 is 2.54 bits per heavy atom. The average molecular weight is 359 g/mol. The second kappa shape index (κ2) is 7.51. The number of carbonyl (C=O) groups excluding carboxylic acids is 1. The van der Waals surface area contributed by atoms with Crippen LogP contribution in [-0.4, -0.2) is 22.1 Å². The normalized spacial score (nSPS) is 12.3. The molecule has 1 heterocycles. The molecule has 1 N–H and O–H groups in total. The smallest absolute Gasteiger partial charge is 0.320 e. The lowest BCUT2D eigenvalue weighted by Crippen LogP contribution is -2.28. The molecule has 0 saturated heterocycles. The first-order valence-corrected chi connectivity index (χ1v) is 8.30. The second-order valence-corrected chi connectivity index (χ2v) is 5.76. The summed E-state index contributed by atoms with van der Waals surface area (Å²) < 4.78 is 33.2. The quantitative estimate of drug-likeness (QED) is 0.713. The van der Waals surface area contributed by atoms with Crippen LogP contribution in [0.1, 0.15) is 42.6 Å². The van der Waals surface area contributed by atoms with Gasteiger partial charge in [-0.05, 0) is 50.2 Å². The Labute approximate surface area is 149 Å². The summed E-state index contributed by atoms with van der Waals surface area (Å²) in [5.41, 5.74) is 1.21. The van der Waals surface area contributed by atoms with E-state index in [1.807, 2.05) is 6.92 Å². The van der Waals surface area contributed by atoms with E-state index in [1.165, 1.54) is 0 Å². The van der Waals surface area contributed by atoms with Gasteiger partial charge in [-0.1, -0.05) is 12.1 Å². The van der Waals surface area contributed by atoms with Crippen LogP contribution in [0.15, 0.2) is 48.5 Å². The summed E-state index contributed by atoms with van der Waals surface area (Å²) in [6, 6.07) is 12.6. The number of benzene rings is 2. The predicted molar refractivity (Wildman–Crippen MR) is 94.5 cm³/mol. The first-order valence-electron chi connectivity index (χ1n) is 8.30. The van der Waals surface area contributed by atoms with Crippen molar-refractivity contribution in [3.05, 3.63) is 59.9 Å². The molecule has 26 heavy (non-hydrogen) atoms. The van der Waals surface area contributed by atoms with Gasteiger partial charge in [-0.3, -0.25) is 9.36 Å². The third-order valence-corrected chi connectivity index (χ3v) is 3.98. The van der Waals surface area contributed by atoms with E-state index in [1.54, 1.807) is 55.5 Å². The lowest BCUT2D eigenvalue weighted by atomic mass is 10.2. The number of fused-ring (bicyclic) bond motifs is 1. The van der Waals surface area contributed by atoms with Crippen molar-refractivity contribution in [1.82, 2.24) is 14.9 Å². The predicted octanol–water partition coefficient (Wildman–Crippen LogP) is 4.32. The zero-order valence-corrected chi connectivity index (χ0v) is 14.4. The average Bonchev–Trinajstić information content (AvgIpc) is 3.02. The van der Waals surface area contributed by atoms with E-state index in [0.29, 0.717) is 29.0 Å². The van der Waals surface area contributed by atoms with Gasteiger partial charge in [0.25, 0.3) is 5.91 Å². The first kappa shape index (κ1) is 17.8. The van der Waals surface area contributed by atoms with E-state index >= 15 is 0 Å². The zero-order chi connectivity index (χ0) is 18.7. The van der Waals surface area contributed by atoms with Crippen molar-refractivity contribution >= 4 is 16.9 Å². The number of carbonyl (C=O) groups is 1. The molecule has 1 unspecified atom stereocenters. The van der Waals surface area contributed by atoms with Crippen molar-refractivity contribution in [2.45, 2.75) is 26.4 Å². The zero-order valence-electron chi connectivity index (χ0n) is 14.4. The Morgan fingerprint density at radius 1 is 1.19 bits per heavy atom. The Morgan fingerprint density at radius 2 is 1.88 bits per heavy atom. The molecule has 0 aliphatic heterocycles. The number of nitrogens with one attached hydrogen (secondary N) is 1. The van der Waals surface area contributed by atoms with Crippen LogP contribution in [-0.2, 0) is 0 Å². The molecule has 136 valence electrons. The summed E-state index contributed by atoms with van der Waals surface area (Å²) in [5.74, 6) is 0.408. The summed E-state index contributed by atoms with van der Waals surface area (Å²) in [6.45, 7) is 1.29. The van der Waals surface area contributed by atoms with Crippen LogP contribution in [0.3, 0.4) is 0 Å². The summed E-state index contributed by atoms with van der Waals surface area (Å²) >= 11 is 0. The SMILES string of the molecule is CCOc1ccc(C(=O)NC(C)c2nc3ccccc3n2C(F)F)cc1. The first-order chi connectivity index (χ1) is 12.5. The van der Waals surface area contributed by atoms with Crippen LogP contribution in [0.2, 0.25) is 0 Å². The summed E-state index contributed by atoms with van der Waals surface area (Å²) in [4.78, 5) is 16.7. The Bertz CT molecular complexity index is 907. The van der Waals surface area contributed by atoms with Crippen LogP contribution in [0.5, 0.6) is 5.75 Å². The molecule has 0 saturated carbocycles. The van der Waals surface area contributed by atoms with Crippen molar-refractivity contribution in [3.63, 3.8) is 0 Å². The molecule has 0 bridgehead atoms. The van der Waals surface area contributed by atoms with Gasteiger partial charge in [0.2, 0.25) is 0 Å². The largest absolute Gasteiger partial charge is 0.494 e. The number of halogens is 2. The topological polar surface area (TPSA) is 56.1 Å². The van der Waals surface area contributed by atoms with Crippen LogP contribution in [0.4, 0.5) is 8.78 Å². The van der Waals surface area contributed by atoms with Crippen LogP contribution in [0.25, 0.3) is 11.0 Å². The van der Waals surface area contributed by atoms with Crippen molar-refractivity contribution in [2.24, 2.45) is 0 Å². The number of hydrogen-bond donors (Lipinski definition) is 1. The summed E-state index contributed by atoms with van der Waals surface area (Å²) in [7, 11) is 0. The third-order valence-electron chi connectivity index (χ3n) is 3.98. The van der Waals surface area contributed by atoms with E-state index in [-0.39, 0.29) is 11.7 Å². The van der Waals surface area contributed by atoms with Gasteiger partial charge in [-0.15, -0.1) is 0 Å². The minimum Gasteiger partial charge on any atom is -0.494 e. The van der Waals surface area contributed by atoms with E-state index in [4.69, 9.17) is 4.74 Å². The highest BCUT2D eigenvalue weighted by molar-refractivity contribution is 5.94. The highest BCUT2D eigenvalue weighted by Crippen LogP contribution is 2.26. The van der Waals surface area contributed by atoms with Gasteiger partial charge in [-0.2, -0.15) is 8.78 Å². The number of ether oxygens (including phenoxy) is 1. The van der Waals surface area contributed by atoms with Crippen LogP contribution >= 0.6 is 0 Å². The maximum atomic E-state index is 13.5. The highest BCUT2D eigenvalue weighted by atomic mass is 19.3. The molecule has 7 heteroatoms. The Hall–Kier alpha value is -2.96. The Balaban J connectivity index is 1.83. The molecular formula is C19H19F2N3O2. The fourth-order valence-corrected chi connectivity index (χ4v) is 2.79. The maximum Gasteiger partial charge on any atom is 0.320 e. The lowest BCUT2D eigenvalue weighted by Gasteiger charge is -2.16. The van der Waals surface area contributed by atoms with E-state index < -0.39 is 12.6 Å². The molecule has 2 aromatic carbocycles. The number of amides is 1. The van der Waals surface area contributed by atoms with Gasteiger partial charge >= 0.3 is 6.55 Å². The molecule has 3 rings (SSSR count). The number of para-hydroxylation sites is 2. The van der Waals surface area contributed by atoms with E-state index in [2.05, 4.69) is 10.3 Å². The number of alkyl halides is 2. The fraction of sp³-hybridized carbons (Fsp3) is 0.263. The third kappa shape index (κ3) is 3.51. The molecule has 0 spiro atoms. The molecule has 0 fully saturated rings. The Kier molecular flexibility index (Phi) is 5.16. The fourth-order valence-electron chi connectivity index (χ4n) is 2.79.